The zero-order chi connectivity index (χ0) is 19.4. The number of ether oxygens (including phenoxy) is 1. The molecule has 0 aliphatic heterocycles. The third kappa shape index (κ3) is 4.17. The van der Waals surface area contributed by atoms with E-state index in [0.717, 1.165) is 5.56 Å². The van der Waals surface area contributed by atoms with Gasteiger partial charge in [0.2, 0.25) is 0 Å². The second-order valence-electron chi connectivity index (χ2n) is 5.86. The number of aliphatic carboxylic acids is 1. The van der Waals surface area contributed by atoms with Crippen LogP contribution in [0.4, 0.5) is 5.69 Å². The van der Waals surface area contributed by atoms with Crippen molar-refractivity contribution in [3.63, 3.8) is 0 Å². The van der Waals surface area contributed by atoms with Gasteiger partial charge in [-0.15, -0.1) is 0 Å². The van der Waals surface area contributed by atoms with Crippen molar-refractivity contribution in [2.75, 3.05) is 11.8 Å². The van der Waals surface area contributed by atoms with E-state index in [1.165, 1.54) is 19.2 Å². The molecule has 27 heavy (non-hydrogen) atoms. The first-order valence-electron chi connectivity index (χ1n) is 8.16. The number of rotatable bonds is 7. The van der Waals surface area contributed by atoms with Crippen molar-refractivity contribution in [1.82, 2.24) is 4.98 Å². The Labute approximate surface area is 156 Å². The number of benzene rings is 2. The molecule has 0 radical (unpaired) electrons. The molecule has 3 aromatic rings. The molecule has 0 aliphatic carbocycles. The fourth-order valence-corrected chi connectivity index (χ4v) is 3.77. The predicted octanol–water partition coefficient (Wildman–Crippen LogP) is 3.06. The van der Waals surface area contributed by atoms with Crippen LogP contribution in [0, 0.1) is 0 Å². The second-order valence-corrected chi connectivity index (χ2v) is 7.54. The highest BCUT2D eigenvalue weighted by Crippen LogP contribution is 2.31. The maximum absolute atomic E-state index is 12.7. The summed E-state index contributed by atoms with van der Waals surface area (Å²) in [6.07, 6.45) is 1.95. The van der Waals surface area contributed by atoms with Gasteiger partial charge in [-0.1, -0.05) is 12.1 Å². The number of nitrogens with zero attached hydrogens (tertiary/aromatic N) is 1. The SMILES string of the molecule is COc1ccc(NS(=O)(=O)c2ccc(CCC(=O)O)cc2)c2cccnc12. The monoisotopic (exact) mass is 386 g/mol. The van der Waals surface area contributed by atoms with Crippen LogP contribution in [-0.4, -0.2) is 31.6 Å². The minimum atomic E-state index is -3.81. The molecule has 8 heteroatoms. The van der Waals surface area contributed by atoms with E-state index in [2.05, 4.69) is 9.71 Å². The van der Waals surface area contributed by atoms with Crippen LogP contribution >= 0.6 is 0 Å². The zero-order valence-corrected chi connectivity index (χ0v) is 15.4. The number of fused-ring (bicyclic) bond motifs is 1. The lowest BCUT2D eigenvalue weighted by Gasteiger charge is -2.12. The van der Waals surface area contributed by atoms with E-state index in [1.807, 2.05) is 0 Å². The molecule has 0 spiro atoms. The molecular formula is C19H18N2O5S. The third-order valence-electron chi connectivity index (χ3n) is 4.06. The van der Waals surface area contributed by atoms with Gasteiger partial charge >= 0.3 is 5.97 Å². The molecular weight excluding hydrogens is 368 g/mol. The predicted molar refractivity (Wildman–Crippen MR) is 102 cm³/mol. The van der Waals surface area contributed by atoms with Crippen LogP contribution in [0.3, 0.4) is 0 Å². The van der Waals surface area contributed by atoms with E-state index in [-0.39, 0.29) is 11.3 Å². The van der Waals surface area contributed by atoms with Crippen LogP contribution in [0.25, 0.3) is 10.9 Å². The molecule has 0 saturated heterocycles. The minimum absolute atomic E-state index is 0.00478. The first-order chi connectivity index (χ1) is 12.9. The number of pyridine rings is 1. The maximum atomic E-state index is 12.7. The van der Waals surface area contributed by atoms with E-state index in [4.69, 9.17) is 9.84 Å². The van der Waals surface area contributed by atoms with Crippen molar-refractivity contribution in [3.05, 3.63) is 60.3 Å². The molecule has 1 aromatic heterocycles. The Kier molecular flexibility index (Phi) is 5.27. The Morgan fingerprint density at radius 1 is 1.15 bits per heavy atom. The van der Waals surface area contributed by atoms with Crippen molar-refractivity contribution >= 4 is 32.6 Å². The highest BCUT2D eigenvalue weighted by atomic mass is 32.2. The topological polar surface area (TPSA) is 106 Å². The molecule has 0 atom stereocenters. The number of anilines is 1. The van der Waals surface area contributed by atoms with Crippen molar-refractivity contribution in [2.45, 2.75) is 17.7 Å². The Balaban J connectivity index is 1.89. The summed E-state index contributed by atoms with van der Waals surface area (Å²) in [6, 6.07) is 12.9. The van der Waals surface area contributed by atoms with E-state index in [1.54, 1.807) is 42.6 Å². The number of hydrogen-bond acceptors (Lipinski definition) is 5. The standard InChI is InChI=1S/C19H18N2O5S/c1-26-17-10-9-16(15-3-2-12-20-19(15)17)21-27(24,25)14-7-4-13(5-8-14)6-11-18(22)23/h2-5,7-10,12,21H,6,11H2,1H3,(H,22,23). The van der Waals surface area contributed by atoms with E-state index >= 15 is 0 Å². The highest BCUT2D eigenvalue weighted by molar-refractivity contribution is 7.92. The normalized spacial score (nSPS) is 11.3. The molecule has 140 valence electrons. The molecule has 0 bridgehead atoms. The van der Waals surface area contributed by atoms with Gasteiger partial charge in [-0.25, -0.2) is 8.42 Å². The van der Waals surface area contributed by atoms with Crippen LogP contribution in [0.15, 0.2) is 59.6 Å². The highest BCUT2D eigenvalue weighted by Gasteiger charge is 2.17. The van der Waals surface area contributed by atoms with Gasteiger partial charge in [0, 0.05) is 18.0 Å². The molecule has 1 heterocycles. The zero-order valence-electron chi connectivity index (χ0n) is 14.5. The van der Waals surface area contributed by atoms with Gasteiger partial charge in [0.1, 0.15) is 11.3 Å². The minimum Gasteiger partial charge on any atom is -0.494 e. The lowest BCUT2D eigenvalue weighted by molar-refractivity contribution is -0.136. The van der Waals surface area contributed by atoms with Crippen molar-refractivity contribution in [3.8, 4) is 5.75 Å². The second kappa shape index (κ2) is 7.63. The average molecular weight is 386 g/mol. The van der Waals surface area contributed by atoms with Gasteiger partial charge in [0.25, 0.3) is 10.0 Å². The summed E-state index contributed by atoms with van der Waals surface area (Å²) in [4.78, 5) is 15.0. The lowest BCUT2D eigenvalue weighted by atomic mass is 10.1. The molecule has 0 unspecified atom stereocenters. The first kappa shape index (κ1) is 18.7. The van der Waals surface area contributed by atoms with Gasteiger partial charge in [-0.05, 0) is 48.4 Å². The van der Waals surface area contributed by atoms with Crippen LogP contribution in [-0.2, 0) is 21.2 Å². The number of methoxy groups -OCH3 is 1. The van der Waals surface area contributed by atoms with Gasteiger partial charge in [0.15, 0.2) is 0 Å². The van der Waals surface area contributed by atoms with Gasteiger partial charge in [0.05, 0.1) is 17.7 Å². The average Bonchev–Trinajstić information content (AvgIpc) is 2.67. The van der Waals surface area contributed by atoms with Gasteiger partial charge in [-0.2, -0.15) is 0 Å². The number of sulfonamides is 1. The number of hydrogen-bond donors (Lipinski definition) is 2. The largest absolute Gasteiger partial charge is 0.494 e. The number of aromatic nitrogens is 1. The van der Waals surface area contributed by atoms with E-state index in [0.29, 0.717) is 28.8 Å². The Hall–Kier alpha value is -3.13. The number of carboxylic acid groups (broad SMARTS) is 1. The summed E-state index contributed by atoms with van der Waals surface area (Å²) in [5, 5.41) is 9.35. The van der Waals surface area contributed by atoms with Gasteiger partial charge < -0.3 is 9.84 Å². The summed E-state index contributed by atoms with van der Waals surface area (Å²) < 4.78 is 33.3. The fourth-order valence-electron chi connectivity index (χ4n) is 2.69. The summed E-state index contributed by atoms with van der Waals surface area (Å²) in [7, 11) is -2.28. The first-order valence-corrected chi connectivity index (χ1v) is 9.64. The Morgan fingerprint density at radius 3 is 2.56 bits per heavy atom. The summed E-state index contributed by atoms with van der Waals surface area (Å²) in [5.74, 6) is -0.343. The summed E-state index contributed by atoms with van der Waals surface area (Å²) >= 11 is 0. The van der Waals surface area contributed by atoms with E-state index < -0.39 is 16.0 Å². The smallest absolute Gasteiger partial charge is 0.303 e. The number of aryl methyl sites for hydroxylation is 1. The molecule has 2 aromatic carbocycles. The molecule has 0 amide bonds. The van der Waals surface area contributed by atoms with Crippen molar-refractivity contribution in [1.29, 1.82) is 0 Å². The van der Waals surface area contributed by atoms with Crippen LogP contribution in [0.2, 0.25) is 0 Å². The fraction of sp³-hybridized carbons (Fsp3) is 0.158. The summed E-state index contributed by atoms with van der Waals surface area (Å²) in [5.41, 5.74) is 1.72. The lowest BCUT2D eigenvalue weighted by Crippen LogP contribution is -2.13. The van der Waals surface area contributed by atoms with Gasteiger partial charge in [-0.3, -0.25) is 14.5 Å². The molecule has 7 nitrogen and oxygen atoms in total. The van der Waals surface area contributed by atoms with Crippen LogP contribution in [0.5, 0.6) is 5.75 Å². The maximum Gasteiger partial charge on any atom is 0.303 e. The molecule has 0 saturated carbocycles. The number of nitrogens with one attached hydrogen (secondary N) is 1. The van der Waals surface area contributed by atoms with Crippen LogP contribution < -0.4 is 9.46 Å². The van der Waals surface area contributed by atoms with E-state index in [9.17, 15) is 13.2 Å². The Bertz CT molecular complexity index is 1080. The summed E-state index contributed by atoms with van der Waals surface area (Å²) in [6.45, 7) is 0. The molecule has 0 aliphatic rings. The Morgan fingerprint density at radius 2 is 1.89 bits per heavy atom. The molecule has 3 rings (SSSR count). The third-order valence-corrected chi connectivity index (χ3v) is 5.44. The van der Waals surface area contributed by atoms with Crippen molar-refractivity contribution < 1.29 is 23.1 Å². The molecule has 2 N–H and O–H groups in total. The number of carbonyl (C=O) groups is 1. The molecule has 0 fully saturated rings. The number of carboxylic acids is 1. The van der Waals surface area contributed by atoms with Crippen LogP contribution in [0.1, 0.15) is 12.0 Å². The van der Waals surface area contributed by atoms with Crippen molar-refractivity contribution in [2.24, 2.45) is 0 Å². The quantitative estimate of drug-likeness (QED) is 0.646.